The van der Waals surface area contributed by atoms with Gasteiger partial charge in [0, 0.05) is 11.8 Å². The zero-order valence-electron chi connectivity index (χ0n) is 17.3. The first-order valence-corrected chi connectivity index (χ1v) is 10.2. The molecule has 2 unspecified atom stereocenters. The van der Waals surface area contributed by atoms with E-state index in [4.69, 9.17) is 0 Å². The monoisotopic (exact) mass is 432 g/mol. The van der Waals surface area contributed by atoms with E-state index in [0.717, 1.165) is 11.1 Å². The third-order valence-electron chi connectivity index (χ3n) is 6.28. The van der Waals surface area contributed by atoms with E-state index in [-0.39, 0.29) is 5.76 Å². The summed E-state index contributed by atoms with van der Waals surface area (Å²) in [4.78, 5) is 0. The van der Waals surface area contributed by atoms with Crippen LogP contribution in [0.15, 0.2) is 96.1 Å². The molecule has 6 heteroatoms. The van der Waals surface area contributed by atoms with Crippen LogP contribution in [0.4, 0.5) is 0 Å². The second kappa shape index (κ2) is 7.89. The van der Waals surface area contributed by atoms with Gasteiger partial charge in [-0.25, -0.2) is 0 Å². The Morgan fingerprint density at radius 1 is 0.656 bits per heavy atom. The molecule has 3 aromatic rings. The van der Waals surface area contributed by atoms with Gasteiger partial charge in [0.2, 0.25) is 0 Å². The first kappa shape index (κ1) is 21.2. The number of hydrogen-bond acceptors (Lipinski definition) is 6. The third kappa shape index (κ3) is 3.12. The molecule has 2 atom stereocenters. The topological polar surface area (TPSA) is 121 Å². The average molecular weight is 432 g/mol. The van der Waals surface area contributed by atoms with E-state index in [9.17, 15) is 30.6 Å². The molecule has 0 fully saturated rings. The van der Waals surface area contributed by atoms with Gasteiger partial charge in [-0.1, -0.05) is 67.6 Å². The van der Waals surface area contributed by atoms with Gasteiger partial charge in [-0.3, -0.25) is 0 Å². The average Bonchev–Trinajstić information content (AvgIpc) is 2.81. The first-order chi connectivity index (χ1) is 15.3. The summed E-state index contributed by atoms with van der Waals surface area (Å²) >= 11 is 0. The van der Waals surface area contributed by atoms with Crippen molar-refractivity contribution in [3.8, 4) is 17.2 Å². The van der Waals surface area contributed by atoms with E-state index in [0.29, 0.717) is 5.56 Å². The van der Waals surface area contributed by atoms with Crippen LogP contribution in [0.5, 0.6) is 17.2 Å². The summed E-state index contributed by atoms with van der Waals surface area (Å²) in [6.45, 7) is 1.72. The van der Waals surface area contributed by atoms with Crippen LogP contribution in [0.2, 0.25) is 0 Å². The molecule has 6 N–H and O–H groups in total. The molecule has 0 saturated carbocycles. The van der Waals surface area contributed by atoms with E-state index >= 15 is 0 Å². The summed E-state index contributed by atoms with van der Waals surface area (Å²) in [5.74, 6) is -4.35. The lowest BCUT2D eigenvalue weighted by Gasteiger charge is -2.45. The number of phenolic OH excluding ortho intramolecular Hbond substituents is 3. The number of benzene rings is 3. The summed E-state index contributed by atoms with van der Waals surface area (Å²) in [7, 11) is 0. The Labute approximate surface area is 185 Å². The lowest BCUT2D eigenvalue weighted by atomic mass is 9.57. The van der Waals surface area contributed by atoms with Crippen molar-refractivity contribution >= 4 is 0 Å². The lowest BCUT2D eigenvalue weighted by Crippen LogP contribution is -2.42. The van der Waals surface area contributed by atoms with Gasteiger partial charge >= 0.3 is 0 Å². The second-order valence-corrected chi connectivity index (χ2v) is 8.00. The molecule has 0 saturated heterocycles. The SMILES string of the molecule is CC1C(O)=C(O)C(O)=CC1C(c1ccccc1)(c1ccccc1)c1cc(O)c(O)c(O)c1. The van der Waals surface area contributed by atoms with Gasteiger partial charge in [-0.2, -0.15) is 0 Å². The van der Waals surface area contributed by atoms with Gasteiger partial charge in [0.25, 0.3) is 0 Å². The highest BCUT2D eigenvalue weighted by molar-refractivity contribution is 5.60. The molecular weight excluding hydrogens is 408 g/mol. The zero-order valence-corrected chi connectivity index (χ0v) is 17.3. The molecule has 0 spiro atoms. The number of aromatic hydroxyl groups is 3. The number of aliphatic hydroxyl groups excluding tert-OH is 3. The van der Waals surface area contributed by atoms with Gasteiger partial charge in [-0.15, -0.1) is 0 Å². The maximum absolute atomic E-state index is 10.6. The van der Waals surface area contributed by atoms with Gasteiger partial charge < -0.3 is 30.6 Å². The molecule has 164 valence electrons. The van der Waals surface area contributed by atoms with Crippen molar-refractivity contribution < 1.29 is 30.6 Å². The molecule has 0 radical (unpaired) electrons. The fourth-order valence-electron chi connectivity index (χ4n) is 4.72. The molecule has 32 heavy (non-hydrogen) atoms. The Morgan fingerprint density at radius 2 is 1.12 bits per heavy atom. The standard InChI is InChI=1S/C26H24O6/c1-15-19(14-22(29)25(32)23(15)30)26(16-8-4-2-5-9-16,17-10-6-3-7-11-17)18-12-20(27)24(31)21(28)13-18/h2-15,19,27-32H,1H3. The Kier molecular flexibility index (Phi) is 5.22. The molecule has 0 heterocycles. The van der Waals surface area contributed by atoms with Crippen molar-refractivity contribution in [1.29, 1.82) is 0 Å². The lowest BCUT2D eigenvalue weighted by molar-refractivity contribution is 0.197. The Hall–Kier alpha value is -4.06. The smallest absolute Gasteiger partial charge is 0.200 e. The number of rotatable bonds is 4. The predicted molar refractivity (Wildman–Crippen MR) is 120 cm³/mol. The van der Waals surface area contributed by atoms with E-state index < -0.39 is 46.0 Å². The molecule has 0 aromatic heterocycles. The third-order valence-corrected chi connectivity index (χ3v) is 6.28. The van der Waals surface area contributed by atoms with Crippen LogP contribution in [-0.2, 0) is 5.41 Å². The van der Waals surface area contributed by atoms with Crippen LogP contribution >= 0.6 is 0 Å². The summed E-state index contributed by atoms with van der Waals surface area (Å²) in [5.41, 5.74) is 0.808. The molecule has 0 bridgehead atoms. The minimum absolute atomic E-state index is 0.363. The molecular formula is C26H24O6. The molecule has 4 rings (SSSR count). The maximum atomic E-state index is 10.6. The van der Waals surface area contributed by atoms with Crippen molar-refractivity contribution in [3.05, 3.63) is 113 Å². The van der Waals surface area contributed by atoms with Crippen LogP contribution in [-0.4, -0.2) is 30.6 Å². The second-order valence-electron chi connectivity index (χ2n) is 8.00. The van der Waals surface area contributed by atoms with E-state index in [1.165, 1.54) is 18.2 Å². The van der Waals surface area contributed by atoms with Gasteiger partial charge in [0.15, 0.2) is 28.8 Å². The van der Waals surface area contributed by atoms with Crippen molar-refractivity contribution in [2.24, 2.45) is 11.8 Å². The highest BCUT2D eigenvalue weighted by Gasteiger charge is 2.49. The zero-order chi connectivity index (χ0) is 23.0. The molecule has 1 aliphatic rings. The van der Waals surface area contributed by atoms with E-state index in [2.05, 4.69) is 0 Å². The van der Waals surface area contributed by atoms with Crippen molar-refractivity contribution in [1.82, 2.24) is 0 Å². The fourth-order valence-corrected chi connectivity index (χ4v) is 4.72. The Balaban J connectivity index is 2.16. The van der Waals surface area contributed by atoms with Crippen LogP contribution in [0, 0.1) is 11.8 Å². The fraction of sp³-hybridized carbons (Fsp3) is 0.154. The van der Waals surface area contributed by atoms with Crippen molar-refractivity contribution in [2.45, 2.75) is 12.3 Å². The molecule has 0 amide bonds. The van der Waals surface area contributed by atoms with Crippen molar-refractivity contribution in [2.75, 3.05) is 0 Å². The Bertz CT molecular complexity index is 1130. The van der Waals surface area contributed by atoms with Crippen LogP contribution in [0.1, 0.15) is 23.6 Å². The van der Waals surface area contributed by atoms with Gasteiger partial charge in [0.1, 0.15) is 5.76 Å². The first-order valence-electron chi connectivity index (χ1n) is 10.2. The summed E-state index contributed by atoms with van der Waals surface area (Å²) in [6.07, 6.45) is 1.47. The number of phenols is 3. The van der Waals surface area contributed by atoms with Crippen LogP contribution in [0.25, 0.3) is 0 Å². The summed E-state index contributed by atoms with van der Waals surface area (Å²) in [5, 5.41) is 62.0. The minimum atomic E-state index is -1.13. The number of aliphatic hydroxyl groups is 3. The number of hydrogen-bond donors (Lipinski definition) is 6. The predicted octanol–water partition coefficient (Wildman–Crippen LogP) is 5.17. The summed E-state index contributed by atoms with van der Waals surface area (Å²) < 4.78 is 0. The van der Waals surface area contributed by atoms with E-state index in [1.807, 2.05) is 60.7 Å². The van der Waals surface area contributed by atoms with Crippen LogP contribution in [0.3, 0.4) is 0 Å². The largest absolute Gasteiger partial charge is 0.508 e. The normalized spacial score (nSPS) is 19.0. The molecule has 0 aliphatic heterocycles. The van der Waals surface area contributed by atoms with Crippen LogP contribution < -0.4 is 0 Å². The van der Waals surface area contributed by atoms with Gasteiger partial charge in [0.05, 0.1) is 5.41 Å². The van der Waals surface area contributed by atoms with E-state index in [1.54, 1.807) is 6.92 Å². The maximum Gasteiger partial charge on any atom is 0.200 e. The quantitative estimate of drug-likeness (QED) is 0.250. The molecule has 3 aromatic carbocycles. The minimum Gasteiger partial charge on any atom is -0.508 e. The molecule has 6 nitrogen and oxygen atoms in total. The highest BCUT2D eigenvalue weighted by atomic mass is 16.3. The Morgan fingerprint density at radius 3 is 1.59 bits per heavy atom. The van der Waals surface area contributed by atoms with Crippen molar-refractivity contribution in [3.63, 3.8) is 0 Å². The van der Waals surface area contributed by atoms with Gasteiger partial charge in [-0.05, 0) is 34.9 Å². The summed E-state index contributed by atoms with van der Waals surface area (Å²) in [6, 6.07) is 21.3. The highest BCUT2D eigenvalue weighted by Crippen LogP contribution is 2.53. The number of allylic oxidation sites excluding steroid dienone is 2. The molecule has 1 aliphatic carbocycles.